The van der Waals surface area contributed by atoms with Crippen LogP contribution in [-0.4, -0.2) is 32.8 Å². The Kier molecular flexibility index (Phi) is 2.38. The number of hydrogen-bond acceptors (Lipinski definition) is 5. The predicted molar refractivity (Wildman–Crippen MR) is 84.4 cm³/mol. The third-order valence-corrected chi connectivity index (χ3v) is 5.22. The lowest BCUT2D eigenvalue weighted by atomic mass is 9.72. The maximum atomic E-state index is 4.68. The van der Waals surface area contributed by atoms with Gasteiger partial charge < -0.3 is 10.2 Å². The molecule has 2 aliphatic heterocycles. The molecule has 2 saturated carbocycles. The molecular weight excluding hydrogens is 276 g/mol. The van der Waals surface area contributed by atoms with Gasteiger partial charge in [0.15, 0.2) is 5.82 Å². The van der Waals surface area contributed by atoms with Gasteiger partial charge in [-0.3, -0.25) is 5.10 Å². The first-order valence-corrected chi connectivity index (χ1v) is 8.11. The summed E-state index contributed by atoms with van der Waals surface area (Å²) >= 11 is 0. The summed E-state index contributed by atoms with van der Waals surface area (Å²) < 4.78 is 0. The van der Waals surface area contributed by atoms with Crippen LogP contribution in [0.2, 0.25) is 0 Å². The number of anilines is 3. The van der Waals surface area contributed by atoms with Crippen LogP contribution in [0.4, 0.5) is 17.6 Å². The minimum atomic E-state index is 0.485. The third-order valence-electron chi connectivity index (χ3n) is 5.22. The molecule has 22 heavy (non-hydrogen) atoms. The molecule has 6 nitrogen and oxygen atoms in total. The highest BCUT2D eigenvalue weighted by Gasteiger charge is 2.52. The highest BCUT2D eigenvalue weighted by Crippen LogP contribution is 2.52. The van der Waals surface area contributed by atoms with E-state index in [4.69, 9.17) is 0 Å². The Morgan fingerprint density at radius 2 is 2.18 bits per heavy atom. The average Bonchev–Trinajstić information content (AvgIpc) is 3.01. The Balaban J connectivity index is 1.35. The van der Waals surface area contributed by atoms with Gasteiger partial charge in [-0.25, -0.2) is 4.98 Å². The molecule has 0 atom stereocenters. The van der Waals surface area contributed by atoms with Crippen molar-refractivity contribution in [3.63, 3.8) is 0 Å². The molecule has 2 aromatic rings. The molecular formula is C16H20N6. The van der Waals surface area contributed by atoms with Gasteiger partial charge in [0.1, 0.15) is 5.82 Å². The predicted octanol–water partition coefficient (Wildman–Crippen LogP) is 2.81. The topological polar surface area (TPSA) is 69.7 Å². The van der Waals surface area contributed by atoms with Gasteiger partial charge in [0.25, 0.3) is 0 Å². The van der Waals surface area contributed by atoms with Gasteiger partial charge in [-0.05, 0) is 37.2 Å². The fourth-order valence-corrected chi connectivity index (χ4v) is 3.89. The van der Waals surface area contributed by atoms with Gasteiger partial charge in [-0.1, -0.05) is 6.92 Å². The molecule has 0 unspecified atom stereocenters. The molecule has 2 aliphatic carbocycles. The third kappa shape index (κ3) is 1.97. The maximum Gasteiger partial charge on any atom is 0.227 e. The summed E-state index contributed by atoms with van der Waals surface area (Å²) in [4.78, 5) is 11.5. The summed E-state index contributed by atoms with van der Waals surface area (Å²) in [5.41, 5.74) is 1.71. The zero-order valence-electron chi connectivity index (χ0n) is 12.7. The molecule has 6 heteroatoms. The van der Waals surface area contributed by atoms with E-state index in [1.807, 2.05) is 12.3 Å². The molecule has 4 aliphatic rings. The number of nitrogens with one attached hydrogen (secondary N) is 2. The van der Waals surface area contributed by atoms with E-state index in [9.17, 15) is 0 Å². The normalized spacial score (nSPS) is 29.5. The molecule has 0 radical (unpaired) electrons. The van der Waals surface area contributed by atoms with E-state index >= 15 is 0 Å². The van der Waals surface area contributed by atoms with Crippen LogP contribution in [0.1, 0.15) is 44.2 Å². The van der Waals surface area contributed by atoms with Crippen LogP contribution in [0.25, 0.3) is 0 Å². The van der Waals surface area contributed by atoms with Crippen molar-refractivity contribution >= 4 is 17.6 Å². The molecule has 2 saturated heterocycles. The monoisotopic (exact) mass is 296 g/mol. The fourth-order valence-electron chi connectivity index (χ4n) is 3.89. The Labute approximate surface area is 129 Å². The van der Waals surface area contributed by atoms with Gasteiger partial charge in [0, 0.05) is 36.5 Å². The fraction of sp³-hybridized carbons (Fsp3) is 0.562. The van der Waals surface area contributed by atoms with Crippen molar-refractivity contribution in [2.75, 3.05) is 16.8 Å². The zero-order valence-corrected chi connectivity index (χ0v) is 12.7. The average molecular weight is 296 g/mol. The number of hydrogen-bond donors (Lipinski definition) is 2. The van der Waals surface area contributed by atoms with Crippen molar-refractivity contribution in [2.45, 2.75) is 44.6 Å². The van der Waals surface area contributed by atoms with Crippen LogP contribution in [0.3, 0.4) is 0 Å². The van der Waals surface area contributed by atoms with Crippen LogP contribution in [0, 0.1) is 5.41 Å². The summed E-state index contributed by atoms with van der Waals surface area (Å²) in [5.74, 6) is 3.17. The first-order chi connectivity index (χ1) is 10.7. The van der Waals surface area contributed by atoms with Crippen LogP contribution in [0.5, 0.6) is 0 Å². The Bertz CT molecular complexity index is 713. The Hall–Kier alpha value is -2.11. The SMILES string of the molecule is CC12CC(C1)N(c1nccc(Nc3cc(C4CC4)[nH]n3)n1)C2. The number of fused-ring (bicyclic) bond motifs is 1. The van der Waals surface area contributed by atoms with E-state index in [0.717, 1.165) is 24.1 Å². The summed E-state index contributed by atoms with van der Waals surface area (Å²) in [6.07, 6.45) is 6.93. The number of rotatable bonds is 4. The van der Waals surface area contributed by atoms with Crippen molar-refractivity contribution in [2.24, 2.45) is 5.41 Å². The molecule has 0 amide bonds. The number of H-pyrrole nitrogens is 1. The highest BCUT2D eigenvalue weighted by molar-refractivity contribution is 5.54. The van der Waals surface area contributed by atoms with E-state index in [-0.39, 0.29) is 0 Å². The maximum absolute atomic E-state index is 4.68. The number of aromatic nitrogens is 4. The van der Waals surface area contributed by atoms with Gasteiger partial charge >= 0.3 is 0 Å². The molecule has 0 spiro atoms. The van der Waals surface area contributed by atoms with Crippen molar-refractivity contribution in [3.05, 3.63) is 24.0 Å². The largest absolute Gasteiger partial charge is 0.337 e. The highest BCUT2D eigenvalue weighted by atomic mass is 15.3. The van der Waals surface area contributed by atoms with Crippen LogP contribution in [-0.2, 0) is 0 Å². The van der Waals surface area contributed by atoms with Crippen LogP contribution < -0.4 is 10.2 Å². The lowest BCUT2D eigenvalue weighted by Crippen LogP contribution is -2.33. The van der Waals surface area contributed by atoms with Crippen molar-refractivity contribution in [1.29, 1.82) is 0 Å². The summed E-state index contributed by atoms with van der Waals surface area (Å²) in [6, 6.07) is 4.62. The van der Waals surface area contributed by atoms with Gasteiger partial charge in [-0.15, -0.1) is 0 Å². The molecule has 4 heterocycles. The molecule has 114 valence electrons. The summed E-state index contributed by atoms with van der Waals surface area (Å²) in [5, 5.41) is 10.7. The van der Waals surface area contributed by atoms with E-state index < -0.39 is 0 Å². The smallest absolute Gasteiger partial charge is 0.227 e. The number of nitrogens with zero attached hydrogens (tertiary/aromatic N) is 4. The lowest BCUT2D eigenvalue weighted by molar-refractivity contribution is 0.229. The standard InChI is InChI=1S/C16H20N6/c1-16-7-11(8-16)22(9-16)15-17-5-4-13(19-15)18-14-6-12(20-21-14)10-2-3-10/h4-6,10-11H,2-3,7-9H2,1H3,(H2,17,18,19,20,21). The minimum absolute atomic E-state index is 0.485. The Morgan fingerprint density at radius 1 is 1.32 bits per heavy atom. The molecule has 2 aromatic heterocycles. The summed E-state index contributed by atoms with van der Waals surface area (Å²) in [6.45, 7) is 3.43. The molecule has 2 bridgehead atoms. The van der Waals surface area contributed by atoms with Crippen molar-refractivity contribution in [1.82, 2.24) is 20.2 Å². The second-order valence-electron chi connectivity index (χ2n) is 7.35. The lowest BCUT2D eigenvalue weighted by Gasteiger charge is -2.33. The Morgan fingerprint density at radius 3 is 2.91 bits per heavy atom. The van der Waals surface area contributed by atoms with Gasteiger partial charge in [-0.2, -0.15) is 10.1 Å². The van der Waals surface area contributed by atoms with E-state index in [2.05, 4.69) is 43.4 Å². The molecule has 2 N–H and O–H groups in total. The van der Waals surface area contributed by atoms with Crippen molar-refractivity contribution < 1.29 is 0 Å². The molecule has 0 aromatic carbocycles. The molecule has 4 fully saturated rings. The van der Waals surface area contributed by atoms with E-state index in [0.29, 0.717) is 17.4 Å². The van der Waals surface area contributed by atoms with Crippen LogP contribution in [0.15, 0.2) is 18.3 Å². The summed E-state index contributed by atoms with van der Waals surface area (Å²) in [7, 11) is 0. The first kappa shape index (κ1) is 12.4. The molecule has 6 rings (SSSR count). The van der Waals surface area contributed by atoms with Gasteiger partial charge in [0.05, 0.1) is 0 Å². The van der Waals surface area contributed by atoms with Crippen LogP contribution >= 0.6 is 0 Å². The second-order valence-corrected chi connectivity index (χ2v) is 7.35. The van der Waals surface area contributed by atoms with E-state index in [1.165, 1.54) is 31.4 Å². The van der Waals surface area contributed by atoms with Crippen molar-refractivity contribution in [3.8, 4) is 0 Å². The number of aromatic amines is 1. The van der Waals surface area contributed by atoms with E-state index in [1.54, 1.807) is 0 Å². The second kappa shape index (κ2) is 4.21. The minimum Gasteiger partial charge on any atom is -0.337 e. The zero-order chi connectivity index (χ0) is 14.7. The quantitative estimate of drug-likeness (QED) is 0.908. The van der Waals surface area contributed by atoms with Gasteiger partial charge in [0.2, 0.25) is 5.95 Å². The first-order valence-electron chi connectivity index (χ1n) is 8.11.